The average Bonchev–Trinajstić information content (AvgIpc) is 2.49. The van der Waals surface area contributed by atoms with Gasteiger partial charge in [0.1, 0.15) is 0 Å². The molecule has 4 nitrogen and oxygen atoms in total. The standard InChI is InChI=1S/C15H28N2O2S/c18-20(19)12-11-16(14-7-3-1-4-8-14)13-17(20)15-9-5-2-6-10-15/h14-15H,1-13H2. The lowest BCUT2D eigenvalue weighted by Gasteiger charge is -2.44. The van der Waals surface area contributed by atoms with Gasteiger partial charge in [0.15, 0.2) is 0 Å². The zero-order valence-electron chi connectivity index (χ0n) is 12.5. The lowest BCUT2D eigenvalue weighted by atomic mass is 9.94. The molecule has 2 saturated carbocycles. The van der Waals surface area contributed by atoms with E-state index < -0.39 is 10.0 Å². The predicted molar refractivity (Wildman–Crippen MR) is 80.9 cm³/mol. The van der Waals surface area contributed by atoms with Crippen LogP contribution >= 0.6 is 0 Å². The number of hydrogen-bond acceptors (Lipinski definition) is 3. The summed E-state index contributed by atoms with van der Waals surface area (Å²) < 4.78 is 26.7. The Balaban J connectivity index is 1.68. The molecule has 0 bridgehead atoms. The van der Waals surface area contributed by atoms with Gasteiger partial charge < -0.3 is 0 Å². The Morgan fingerprint density at radius 2 is 1.30 bits per heavy atom. The van der Waals surface area contributed by atoms with Gasteiger partial charge in [-0.2, -0.15) is 4.31 Å². The van der Waals surface area contributed by atoms with Crippen LogP contribution in [0, 0.1) is 0 Å². The molecule has 5 heteroatoms. The largest absolute Gasteiger partial charge is 0.286 e. The van der Waals surface area contributed by atoms with Crippen LogP contribution in [0.5, 0.6) is 0 Å². The van der Waals surface area contributed by atoms with Gasteiger partial charge in [-0.3, -0.25) is 4.90 Å². The van der Waals surface area contributed by atoms with E-state index in [2.05, 4.69) is 4.90 Å². The SMILES string of the molecule is O=S1(=O)CCN(C2CCCCC2)CN1C1CCCCC1. The highest BCUT2D eigenvalue weighted by Crippen LogP contribution is 2.30. The molecule has 0 aromatic rings. The first kappa shape index (κ1) is 14.8. The normalized spacial score (nSPS) is 31.4. The monoisotopic (exact) mass is 300 g/mol. The second kappa shape index (κ2) is 6.32. The van der Waals surface area contributed by atoms with Gasteiger partial charge in [-0.25, -0.2) is 8.42 Å². The number of rotatable bonds is 2. The van der Waals surface area contributed by atoms with Crippen molar-refractivity contribution in [3.8, 4) is 0 Å². The van der Waals surface area contributed by atoms with Crippen LogP contribution in [0.15, 0.2) is 0 Å². The van der Waals surface area contributed by atoms with Gasteiger partial charge in [0.05, 0.1) is 12.4 Å². The summed E-state index contributed by atoms with van der Waals surface area (Å²) in [7, 11) is -3.00. The van der Waals surface area contributed by atoms with Crippen LogP contribution < -0.4 is 0 Å². The first-order chi connectivity index (χ1) is 9.67. The Morgan fingerprint density at radius 3 is 1.90 bits per heavy atom. The van der Waals surface area contributed by atoms with E-state index in [0.717, 1.165) is 19.4 Å². The number of sulfonamides is 1. The fourth-order valence-corrected chi connectivity index (χ4v) is 5.83. The molecule has 1 aliphatic heterocycles. The lowest BCUT2D eigenvalue weighted by molar-refractivity contribution is 0.0808. The molecule has 0 N–H and O–H groups in total. The van der Waals surface area contributed by atoms with Crippen molar-refractivity contribution in [1.82, 2.24) is 9.21 Å². The van der Waals surface area contributed by atoms with E-state index in [1.54, 1.807) is 0 Å². The zero-order valence-corrected chi connectivity index (χ0v) is 13.3. The van der Waals surface area contributed by atoms with Crippen molar-refractivity contribution in [1.29, 1.82) is 0 Å². The first-order valence-corrected chi connectivity index (χ1v) is 10.0. The molecule has 0 aromatic heterocycles. The topological polar surface area (TPSA) is 40.6 Å². The molecule has 0 atom stereocenters. The Morgan fingerprint density at radius 1 is 0.750 bits per heavy atom. The average molecular weight is 300 g/mol. The maximum absolute atomic E-state index is 12.4. The van der Waals surface area contributed by atoms with Crippen LogP contribution in [0.1, 0.15) is 64.2 Å². The molecule has 0 radical (unpaired) electrons. The van der Waals surface area contributed by atoms with E-state index in [1.807, 2.05) is 4.31 Å². The second-order valence-corrected chi connectivity index (χ2v) is 8.78. The van der Waals surface area contributed by atoms with E-state index in [4.69, 9.17) is 0 Å². The smallest absolute Gasteiger partial charge is 0.216 e. The molecular formula is C15H28N2O2S. The van der Waals surface area contributed by atoms with Gasteiger partial charge in [-0.1, -0.05) is 38.5 Å². The molecule has 116 valence electrons. The van der Waals surface area contributed by atoms with Crippen molar-refractivity contribution in [2.75, 3.05) is 19.0 Å². The lowest BCUT2D eigenvalue weighted by Crippen LogP contribution is -2.57. The molecule has 2 aliphatic carbocycles. The Bertz CT molecular complexity index is 412. The van der Waals surface area contributed by atoms with Crippen LogP contribution in [0.4, 0.5) is 0 Å². The van der Waals surface area contributed by atoms with Crippen molar-refractivity contribution in [2.24, 2.45) is 0 Å². The van der Waals surface area contributed by atoms with Gasteiger partial charge >= 0.3 is 0 Å². The van der Waals surface area contributed by atoms with E-state index in [1.165, 1.54) is 51.4 Å². The zero-order chi connectivity index (χ0) is 14.0. The highest BCUT2D eigenvalue weighted by atomic mass is 32.2. The summed E-state index contributed by atoms with van der Waals surface area (Å²) in [5, 5.41) is 0. The molecule has 3 rings (SSSR count). The van der Waals surface area contributed by atoms with Crippen LogP contribution in [-0.2, 0) is 10.0 Å². The molecule has 20 heavy (non-hydrogen) atoms. The maximum Gasteiger partial charge on any atom is 0.216 e. The van der Waals surface area contributed by atoms with E-state index in [9.17, 15) is 8.42 Å². The summed E-state index contributed by atoms with van der Waals surface area (Å²) in [5.74, 6) is 0.333. The fourth-order valence-electron chi connectivity index (χ4n) is 4.14. The summed E-state index contributed by atoms with van der Waals surface area (Å²) in [5.41, 5.74) is 0. The Kier molecular flexibility index (Phi) is 4.68. The molecule has 1 saturated heterocycles. The van der Waals surface area contributed by atoms with Crippen LogP contribution in [0.25, 0.3) is 0 Å². The molecule has 0 spiro atoms. The quantitative estimate of drug-likeness (QED) is 0.787. The summed E-state index contributed by atoms with van der Waals surface area (Å²) in [6.07, 6.45) is 12.3. The van der Waals surface area contributed by atoms with Gasteiger partial charge in [0.25, 0.3) is 0 Å². The molecule has 3 fully saturated rings. The summed E-state index contributed by atoms with van der Waals surface area (Å²) in [4.78, 5) is 2.45. The molecular weight excluding hydrogens is 272 g/mol. The van der Waals surface area contributed by atoms with Gasteiger partial charge in [-0.05, 0) is 25.7 Å². The fraction of sp³-hybridized carbons (Fsp3) is 1.00. The van der Waals surface area contributed by atoms with E-state index in [-0.39, 0.29) is 6.04 Å². The van der Waals surface area contributed by atoms with Crippen molar-refractivity contribution >= 4 is 10.0 Å². The minimum Gasteiger partial charge on any atom is -0.286 e. The molecule has 1 heterocycles. The Labute approximate surface area is 123 Å². The summed E-state index contributed by atoms with van der Waals surface area (Å²) in [6.45, 7) is 1.41. The maximum atomic E-state index is 12.4. The minimum atomic E-state index is -3.00. The predicted octanol–water partition coefficient (Wildman–Crippen LogP) is 2.56. The van der Waals surface area contributed by atoms with Crippen molar-refractivity contribution in [3.05, 3.63) is 0 Å². The minimum absolute atomic E-state index is 0.278. The van der Waals surface area contributed by atoms with Crippen LogP contribution in [0.3, 0.4) is 0 Å². The van der Waals surface area contributed by atoms with E-state index in [0.29, 0.717) is 18.5 Å². The van der Waals surface area contributed by atoms with Crippen LogP contribution in [-0.4, -0.2) is 48.7 Å². The van der Waals surface area contributed by atoms with Gasteiger partial charge in [0.2, 0.25) is 10.0 Å². The third-order valence-corrected chi connectivity index (χ3v) is 7.21. The third kappa shape index (κ3) is 3.20. The highest BCUT2D eigenvalue weighted by Gasteiger charge is 2.38. The third-order valence-electron chi connectivity index (χ3n) is 5.39. The van der Waals surface area contributed by atoms with E-state index >= 15 is 0 Å². The number of hydrogen-bond donors (Lipinski definition) is 0. The summed E-state index contributed by atoms with van der Waals surface area (Å²) in [6, 6.07) is 0.908. The van der Waals surface area contributed by atoms with Crippen molar-refractivity contribution < 1.29 is 8.42 Å². The first-order valence-electron chi connectivity index (χ1n) is 8.40. The van der Waals surface area contributed by atoms with Crippen LogP contribution in [0.2, 0.25) is 0 Å². The van der Waals surface area contributed by atoms with Crippen molar-refractivity contribution in [2.45, 2.75) is 76.3 Å². The summed E-state index contributed by atoms with van der Waals surface area (Å²) >= 11 is 0. The Hall–Kier alpha value is -0.130. The van der Waals surface area contributed by atoms with Crippen molar-refractivity contribution in [3.63, 3.8) is 0 Å². The number of nitrogens with zero attached hydrogens (tertiary/aromatic N) is 2. The van der Waals surface area contributed by atoms with Gasteiger partial charge in [0, 0.05) is 18.6 Å². The molecule has 0 aromatic carbocycles. The second-order valence-electron chi connectivity index (χ2n) is 6.74. The van der Waals surface area contributed by atoms with Gasteiger partial charge in [-0.15, -0.1) is 0 Å². The molecule has 0 amide bonds. The molecule has 0 unspecified atom stereocenters. The molecule has 3 aliphatic rings. The highest BCUT2D eigenvalue weighted by molar-refractivity contribution is 7.89.